The summed E-state index contributed by atoms with van der Waals surface area (Å²) in [5, 5.41) is 9.69. The lowest BCUT2D eigenvalue weighted by atomic mass is 10.0. The molecular formula is C21H19N5O2S. The lowest BCUT2D eigenvalue weighted by molar-refractivity contribution is 0.415. The number of ether oxygens (including phenoxy) is 1. The number of aromatic nitrogens is 4. The molecular weight excluding hydrogens is 386 g/mol. The first-order chi connectivity index (χ1) is 14.1. The summed E-state index contributed by atoms with van der Waals surface area (Å²) >= 11 is 1.52. The maximum absolute atomic E-state index is 5.80. The third kappa shape index (κ3) is 3.21. The number of methoxy groups -OCH3 is 1. The Kier molecular flexibility index (Phi) is 4.21. The lowest BCUT2D eigenvalue weighted by Crippen LogP contribution is -1.94. The molecule has 0 unspecified atom stereocenters. The van der Waals surface area contributed by atoms with Crippen LogP contribution in [0.1, 0.15) is 25.3 Å². The number of benzene rings is 2. The predicted octanol–water partition coefficient (Wildman–Crippen LogP) is 5.47. The molecule has 3 aromatic heterocycles. The van der Waals surface area contributed by atoms with Gasteiger partial charge in [-0.05, 0) is 35.7 Å². The fourth-order valence-electron chi connectivity index (χ4n) is 3.17. The van der Waals surface area contributed by atoms with E-state index in [2.05, 4.69) is 46.4 Å². The van der Waals surface area contributed by atoms with E-state index in [1.165, 1.54) is 16.9 Å². The van der Waals surface area contributed by atoms with Crippen molar-refractivity contribution in [1.29, 1.82) is 0 Å². The monoisotopic (exact) mass is 405 g/mol. The molecule has 8 heteroatoms. The molecule has 29 heavy (non-hydrogen) atoms. The van der Waals surface area contributed by atoms with Crippen molar-refractivity contribution in [3.8, 4) is 17.0 Å². The molecule has 0 radical (unpaired) electrons. The molecule has 0 saturated carbocycles. The zero-order valence-corrected chi connectivity index (χ0v) is 17.0. The standard InChI is InChI=1S/C21H19N5O2S/c1-12(2)13-7-8-18-16(10-13)22-20(28-18)23-19-24-21-26(25-19)17(11-29-21)14-5-4-6-15(9-14)27-3/h4-12H,1-3H3,(H,22,23,25). The first-order valence-corrected chi connectivity index (χ1v) is 10.1. The average molecular weight is 405 g/mol. The topological polar surface area (TPSA) is 77.5 Å². The van der Waals surface area contributed by atoms with Crippen molar-refractivity contribution < 1.29 is 9.15 Å². The maximum Gasteiger partial charge on any atom is 0.302 e. The van der Waals surface area contributed by atoms with E-state index in [0.29, 0.717) is 17.9 Å². The summed E-state index contributed by atoms with van der Waals surface area (Å²) in [6.07, 6.45) is 0. The number of hydrogen-bond donors (Lipinski definition) is 1. The smallest absolute Gasteiger partial charge is 0.302 e. The third-order valence-corrected chi connectivity index (χ3v) is 5.56. The van der Waals surface area contributed by atoms with Crippen LogP contribution in [0.2, 0.25) is 0 Å². The number of nitrogens with zero attached hydrogens (tertiary/aromatic N) is 4. The van der Waals surface area contributed by atoms with Crippen LogP contribution in [-0.4, -0.2) is 26.7 Å². The Labute approximate surface area is 171 Å². The summed E-state index contributed by atoms with van der Waals surface area (Å²) in [7, 11) is 1.66. The molecule has 2 aromatic carbocycles. The van der Waals surface area contributed by atoms with Gasteiger partial charge in [0.25, 0.3) is 5.95 Å². The molecule has 0 amide bonds. The van der Waals surface area contributed by atoms with E-state index in [0.717, 1.165) is 33.1 Å². The van der Waals surface area contributed by atoms with Gasteiger partial charge in [-0.15, -0.1) is 16.4 Å². The predicted molar refractivity (Wildman–Crippen MR) is 114 cm³/mol. The fourth-order valence-corrected chi connectivity index (χ4v) is 4.00. The van der Waals surface area contributed by atoms with Crippen molar-refractivity contribution >= 4 is 39.4 Å². The zero-order chi connectivity index (χ0) is 20.0. The molecule has 0 fully saturated rings. The van der Waals surface area contributed by atoms with E-state index in [1.54, 1.807) is 11.6 Å². The van der Waals surface area contributed by atoms with Gasteiger partial charge in [0, 0.05) is 10.9 Å². The summed E-state index contributed by atoms with van der Waals surface area (Å²) < 4.78 is 12.9. The largest absolute Gasteiger partial charge is 0.497 e. The Morgan fingerprint density at radius 3 is 2.86 bits per heavy atom. The summed E-state index contributed by atoms with van der Waals surface area (Å²) in [6.45, 7) is 4.31. The Bertz CT molecular complexity index is 1320. The van der Waals surface area contributed by atoms with Crippen LogP contribution >= 0.6 is 11.3 Å². The minimum atomic E-state index is 0.377. The molecule has 0 saturated heterocycles. The van der Waals surface area contributed by atoms with E-state index < -0.39 is 0 Å². The van der Waals surface area contributed by atoms with E-state index in [9.17, 15) is 0 Å². The summed E-state index contributed by atoms with van der Waals surface area (Å²) in [4.78, 5) is 9.85. The third-order valence-electron chi connectivity index (χ3n) is 4.74. The summed E-state index contributed by atoms with van der Waals surface area (Å²) in [5.41, 5.74) is 4.73. The van der Waals surface area contributed by atoms with Gasteiger partial charge in [0.15, 0.2) is 5.58 Å². The quantitative estimate of drug-likeness (QED) is 0.417. The second-order valence-electron chi connectivity index (χ2n) is 7.01. The molecule has 1 N–H and O–H groups in total. The number of fused-ring (bicyclic) bond motifs is 2. The van der Waals surface area contributed by atoms with Crippen LogP contribution in [-0.2, 0) is 0 Å². The van der Waals surface area contributed by atoms with E-state index in [-0.39, 0.29) is 0 Å². The van der Waals surface area contributed by atoms with Gasteiger partial charge in [0.2, 0.25) is 4.96 Å². The Morgan fingerprint density at radius 1 is 1.14 bits per heavy atom. The highest BCUT2D eigenvalue weighted by Gasteiger charge is 2.14. The van der Waals surface area contributed by atoms with Crippen molar-refractivity contribution in [3.05, 3.63) is 53.4 Å². The van der Waals surface area contributed by atoms with E-state index >= 15 is 0 Å². The molecule has 0 atom stereocenters. The van der Waals surface area contributed by atoms with Crippen LogP contribution in [0.4, 0.5) is 12.0 Å². The van der Waals surface area contributed by atoms with Crippen molar-refractivity contribution in [2.45, 2.75) is 19.8 Å². The Balaban J connectivity index is 1.47. The molecule has 0 aliphatic carbocycles. The highest BCUT2D eigenvalue weighted by atomic mass is 32.1. The number of oxazole rings is 1. The number of rotatable bonds is 5. The van der Waals surface area contributed by atoms with Gasteiger partial charge < -0.3 is 9.15 Å². The van der Waals surface area contributed by atoms with Crippen LogP contribution < -0.4 is 10.1 Å². The highest BCUT2D eigenvalue weighted by molar-refractivity contribution is 7.15. The average Bonchev–Trinajstić information content (AvgIpc) is 3.40. The van der Waals surface area contributed by atoms with E-state index in [4.69, 9.17) is 9.15 Å². The van der Waals surface area contributed by atoms with Crippen LogP contribution in [0.15, 0.2) is 52.3 Å². The van der Waals surface area contributed by atoms with Gasteiger partial charge in [-0.1, -0.05) is 32.0 Å². The number of anilines is 2. The van der Waals surface area contributed by atoms with Crippen LogP contribution in [0.5, 0.6) is 5.75 Å². The number of nitrogens with one attached hydrogen (secondary N) is 1. The van der Waals surface area contributed by atoms with E-state index in [1.807, 2.05) is 35.7 Å². The van der Waals surface area contributed by atoms with Gasteiger partial charge in [-0.25, -0.2) is 4.52 Å². The minimum absolute atomic E-state index is 0.377. The molecule has 7 nitrogen and oxygen atoms in total. The van der Waals surface area contributed by atoms with Crippen molar-refractivity contribution in [1.82, 2.24) is 19.6 Å². The van der Waals surface area contributed by atoms with Crippen molar-refractivity contribution in [3.63, 3.8) is 0 Å². The second-order valence-corrected chi connectivity index (χ2v) is 7.85. The molecule has 146 valence electrons. The molecule has 5 aromatic rings. The van der Waals surface area contributed by atoms with Crippen molar-refractivity contribution in [2.24, 2.45) is 0 Å². The van der Waals surface area contributed by atoms with Crippen LogP contribution in [0.3, 0.4) is 0 Å². The van der Waals surface area contributed by atoms with Gasteiger partial charge in [-0.2, -0.15) is 9.97 Å². The first kappa shape index (κ1) is 17.7. The number of thiazole rings is 1. The van der Waals surface area contributed by atoms with Crippen molar-refractivity contribution in [2.75, 3.05) is 12.4 Å². The second kappa shape index (κ2) is 6.89. The van der Waals surface area contributed by atoms with Gasteiger partial charge in [0.1, 0.15) is 11.3 Å². The molecule has 3 heterocycles. The fraction of sp³-hybridized carbons (Fsp3) is 0.190. The zero-order valence-electron chi connectivity index (χ0n) is 16.2. The molecule has 0 aliphatic heterocycles. The highest BCUT2D eigenvalue weighted by Crippen LogP contribution is 2.29. The Hall–Kier alpha value is -3.39. The summed E-state index contributed by atoms with van der Waals surface area (Å²) in [5.74, 6) is 1.67. The van der Waals surface area contributed by atoms with Gasteiger partial charge >= 0.3 is 6.01 Å². The van der Waals surface area contributed by atoms with Crippen LogP contribution in [0, 0.1) is 0 Å². The Morgan fingerprint density at radius 2 is 2.03 bits per heavy atom. The minimum Gasteiger partial charge on any atom is -0.497 e. The number of hydrogen-bond acceptors (Lipinski definition) is 7. The molecule has 0 bridgehead atoms. The molecule has 5 rings (SSSR count). The normalized spacial score (nSPS) is 11.6. The lowest BCUT2D eigenvalue weighted by Gasteiger charge is -2.02. The SMILES string of the molecule is COc1cccc(-c2csc3nc(Nc4nc5cc(C(C)C)ccc5o4)nn23)c1. The van der Waals surface area contributed by atoms with Gasteiger partial charge in [0.05, 0.1) is 12.8 Å². The van der Waals surface area contributed by atoms with Gasteiger partial charge in [-0.3, -0.25) is 5.32 Å². The summed E-state index contributed by atoms with van der Waals surface area (Å²) in [6, 6.07) is 14.3. The molecule has 0 spiro atoms. The first-order valence-electron chi connectivity index (χ1n) is 9.27. The maximum atomic E-state index is 5.80. The van der Waals surface area contributed by atoms with Crippen LogP contribution in [0.25, 0.3) is 27.3 Å². The molecule has 0 aliphatic rings.